The molecule has 1 unspecified atom stereocenters. The van der Waals surface area contributed by atoms with E-state index in [-0.39, 0.29) is 6.04 Å². The van der Waals surface area contributed by atoms with Crippen LogP contribution in [0.4, 0.5) is 0 Å². The molecule has 0 radical (unpaired) electrons. The summed E-state index contributed by atoms with van der Waals surface area (Å²) in [6, 6.07) is 7.61. The summed E-state index contributed by atoms with van der Waals surface area (Å²) in [4.78, 5) is 0. The number of fused-ring (bicyclic) bond motifs is 1. The molecule has 0 bridgehead atoms. The third kappa shape index (κ3) is 3.03. The molecule has 1 aliphatic heterocycles. The lowest BCUT2D eigenvalue weighted by Crippen LogP contribution is -2.08. The molecule has 21 heavy (non-hydrogen) atoms. The molecular weight excluding hydrogens is 268 g/mol. The fraction of sp³-hybridized carbons (Fsp3) is 0.438. The minimum absolute atomic E-state index is 0.100. The molecule has 0 fully saturated rings. The second kappa shape index (κ2) is 6.18. The number of nitrogens with zero attached hydrogens (tertiary/aromatic N) is 1. The molecule has 2 heterocycles. The van der Waals surface area contributed by atoms with Crippen molar-refractivity contribution in [2.45, 2.75) is 32.2 Å². The lowest BCUT2D eigenvalue weighted by Gasteiger charge is -2.07. The zero-order valence-corrected chi connectivity index (χ0v) is 12.2. The minimum Gasteiger partial charge on any atom is -0.490 e. The molecule has 2 aromatic rings. The van der Waals surface area contributed by atoms with Gasteiger partial charge < -0.3 is 19.7 Å². The van der Waals surface area contributed by atoms with Gasteiger partial charge in [-0.05, 0) is 24.6 Å². The van der Waals surface area contributed by atoms with Gasteiger partial charge in [-0.1, -0.05) is 18.5 Å². The number of hydrogen-bond donors (Lipinski definition) is 1. The predicted octanol–water partition coefficient (Wildman–Crippen LogP) is 3.30. The van der Waals surface area contributed by atoms with Gasteiger partial charge in [-0.2, -0.15) is 0 Å². The number of rotatable bonds is 4. The maximum atomic E-state index is 6.05. The van der Waals surface area contributed by atoms with Gasteiger partial charge in [0.05, 0.1) is 19.3 Å². The van der Waals surface area contributed by atoms with Gasteiger partial charge in [0.2, 0.25) is 0 Å². The van der Waals surface area contributed by atoms with Crippen molar-refractivity contribution in [3.63, 3.8) is 0 Å². The summed E-state index contributed by atoms with van der Waals surface area (Å²) >= 11 is 0. The van der Waals surface area contributed by atoms with Crippen molar-refractivity contribution in [1.29, 1.82) is 0 Å². The molecule has 0 aliphatic carbocycles. The first-order valence-electron chi connectivity index (χ1n) is 7.40. The van der Waals surface area contributed by atoms with E-state index in [2.05, 4.69) is 12.1 Å². The van der Waals surface area contributed by atoms with Crippen molar-refractivity contribution < 1.29 is 14.0 Å². The number of ether oxygens (including phenoxy) is 2. The Hall–Kier alpha value is -2.01. The molecular formula is C16H20N2O3. The predicted molar refractivity (Wildman–Crippen MR) is 79.4 cm³/mol. The Kier molecular flexibility index (Phi) is 4.10. The quantitative estimate of drug-likeness (QED) is 0.934. The van der Waals surface area contributed by atoms with Crippen molar-refractivity contribution in [1.82, 2.24) is 5.16 Å². The maximum Gasteiger partial charge on any atom is 0.161 e. The highest BCUT2D eigenvalue weighted by atomic mass is 16.5. The van der Waals surface area contributed by atoms with E-state index in [4.69, 9.17) is 19.7 Å². The molecule has 3 rings (SSSR count). The highest BCUT2D eigenvalue weighted by Crippen LogP contribution is 2.34. The smallest absolute Gasteiger partial charge is 0.161 e. The molecule has 5 heteroatoms. The Morgan fingerprint density at radius 3 is 2.81 bits per heavy atom. The Morgan fingerprint density at radius 1 is 1.19 bits per heavy atom. The first-order chi connectivity index (χ1) is 10.3. The molecule has 5 nitrogen and oxygen atoms in total. The number of aromatic nitrogens is 1. The molecule has 0 saturated carbocycles. The van der Waals surface area contributed by atoms with Crippen LogP contribution < -0.4 is 15.2 Å². The van der Waals surface area contributed by atoms with Gasteiger partial charge in [-0.3, -0.25) is 0 Å². The number of benzene rings is 1. The van der Waals surface area contributed by atoms with Crippen LogP contribution in [0.5, 0.6) is 11.5 Å². The molecule has 0 saturated heterocycles. The summed E-state index contributed by atoms with van der Waals surface area (Å²) in [5, 5.41) is 4.11. The van der Waals surface area contributed by atoms with Crippen LogP contribution >= 0.6 is 0 Å². The Labute approximate surface area is 124 Å². The summed E-state index contributed by atoms with van der Waals surface area (Å²) < 4.78 is 16.7. The summed E-state index contributed by atoms with van der Waals surface area (Å²) in [5.41, 5.74) is 7.76. The monoisotopic (exact) mass is 288 g/mol. The zero-order valence-electron chi connectivity index (χ0n) is 12.2. The minimum atomic E-state index is -0.100. The van der Waals surface area contributed by atoms with Gasteiger partial charge in [0, 0.05) is 18.1 Å². The van der Waals surface area contributed by atoms with E-state index >= 15 is 0 Å². The van der Waals surface area contributed by atoms with Crippen molar-refractivity contribution >= 4 is 0 Å². The maximum absolute atomic E-state index is 6.05. The van der Waals surface area contributed by atoms with Crippen LogP contribution in [0.25, 0.3) is 11.3 Å². The molecule has 0 spiro atoms. The van der Waals surface area contributed by atoms with E-state index in [0.29, 0.717) is 13.2 Å². The molecule has 0 amide bonds. The van der Waals surface area contributed by atoms with Gasteiger partial charge in [0.1, 0.15) is 5.69 Å². The third-order valence-electron chi connectivity index (χ3n) is 3.54. The van der Waals surface area contributed by atoms with Crippen molar-refractivity contribution in [2.24, 2.45) is 5.73 Å². The number of hydrogen-bond acceptors (Lipinski definition) is 5. The van der Waals surface area contributed by atoms with Crippen molar-refractivity contribution in [2.75, 3.05) is 13.2 Å². The van der Waals surface area contributed by atoms with Gasteiger partial charge in [0.15, 0.2) is 17.3 Å². The lowest BCUT2D eigenvalue weighted by atomic mass is 10.1. The van der Waals surface area contributed by atoms with Crippen LogP contribution in [0.3, 0.4) is 0 Å². The third-order valence-corrected chi connectivity index (χ3v) is 3.54. The van der Waals surface area contributed by atoms with Crippen LogP contribution in [-0.2, 0) is 0 Å². The highest BCUT2D eigenvalue weighted by molar-refractivity contribution is 5.64. The van der Waals surface area contributed by atoms with Gasteiger partial charge in [-0.15, -0.1) is 0 Å². The Bertz CT molecular complexity index is 609. The first-order valence-corrected chi connectivity index (χ1v) is 7.40. The van der Waals surface area contributed by atoms with Gasteiger partial charge in [0.25, 0.3) is 0 Å². The van der Waals surface area contributed by atoms with E-state index < -0.39 is 0 Å². The van der Waals surface area contributed by atoms with E-state index in [9.17, 15) is 0 Å². The number of nitrogens with two attached hydrogens (primary N) is 1. The average molecular weight is 288 g/mol. The summed E-state index contributed by atoms with van der Waals surface area (Å²) in [7, 11) is 0. The first kappa shape index (κ1) is 13.9. The Morgan fingerprint density at radius 2 is 2.00 bits per heavy atom. The van der Waals surface area contributed by atoms with Crippen LogP contribution in [0.1, 0.15) is 38.0 Å². The fourth-order valence-corrected chi connectivity index (χ4v) is 2.38. The molecule has 2 N–H and O–H groups in total. The summed E-state index contributed by atoms with van der Waals surface area (Å²) in [5.74, 6) is 2.26. The van der Waals surface area contributed by atoms with Crippen LogP contribution in [0.2, 0.25) is 0 Å². The van der Waals surface area contributed by atoms with Crippen LogP contribution in [-0.4, -0.2) is 18.4 Å². The van der Waals surface area contributed by atoms with Gasteiger partial charge in [-0.25, -0.2) is 0 Å². The largest absolute Gasteiger partial charge is 0.490 e. The Balaban J connectivity index is 1.85. The average Bonchev–Trinajstić information content (AvgIpc) is 2.87. The summed E-state index contributed by atoms with van der Waals surface area (Å²) in [6.45, 7) is 3.45. The van der Waals surface area contributed by atoms with E-state index in [1.54, 1.807) is 0 Å². The topological polar surface area (TPSA) is 70.5 Å². The van der Waals surface area contributed by atoms with Crippen LogP contribution in [0, 0.1) is 0 Å². The molecule has 1 aromatic heterocycles. The van der Waals surface area contributed by atoms with Crippen molar-refractivity contribution in [3.8, 4) is 22.8 Å². The molecule has 1 aromatic carbocycles. The van der Waals surface area contributed by atoms with Crippen molar-refractivity contribution in [3.05, 3.63) is 30.0 Å². The van der Waals surface area contributed by atoms with Crippen LogP contribution in [0.15, 0.2) is 28.8 Å². The fourth-order valence-electron chi connectivity index (χ4n) is 2.38. The zero-order chi connectivity index (χ0) is 14.7. The van der Waals surface area contributed by atoms with E-state index in [1.165, 1.54) is 0 Å². The van der Waals surface area contributed by atoms with E-state index in [1.807, 2.05) is 24.3 Å². The molecule has 1 aliphatic rings. The summed E-state index contributed by atoms with van der Waals surface area (Å²) in [6.07, 6.45) is 2.79. The molecule has 112 valence electrons. The standard InChI is InChI=1S/C16H20N2O3/c1-2-4-12(17)15-10-13(18-21-15)11-5-6-14-16(9-11)20-8-3-7-19-14/h5-6,9-10,12H,2-4,7-8,17H2,1H3. The lowest BCUT2D eigenvalue weighted by molar-refractivity contribution is 0.297. The van der Waals surface area contributed by atoms with Gasteiger partial charge >= 0.3 is 0 Å². The highest BCUT2D eigenvalue weighted by Gasteiger charge is 2.16. The second-order valence-electron chi connectivity index (χ2n) is 5.22. The van der Waals surface area contributed by atoms with E-state index in [0.717, 1.165) is 47.8 Å². The normalized spacial score (nSPS) is 15.5. The molecule has 1 atom stereocenters. The SMILES string of the molecule is CCCC(N)c1cc(-c2ccc3c(c2)OCCCO3)no1. The second-order valence-corrected chi connectivity index (χ2v) is 5.22.